The fourth-order valence-corrected chi connectivity index (χ4v) is 5.95. The summed E-state index contributed by atoms with van der Waals surface area (Å²) in [6.45, 7) is 2.00. The molecule has 6 aromatic carbocycles. The first kappa shape index (κ1) is 27.4. The Bertz CT molecular complexity index is 2400. The fourth-order valence-electron chi connectivity index (χ4n) is 5.95. The minimum atomic E-state index is 0.604. The summed E-state index contributed by atoms with van der Waals surface area (Å²) in [4.78, 5) is 15.2. The summed E-state index contributed by atoms with van der Waals surface area (Å²) < 4.78 is 6.39. The second kappa shape index (κ2) is 11.8. The van der Waals surface area contributed by atoms with Crippen molar-refractivity contribution < 1.29 is 4.42 Å². The molecule has 0 aliphatic heterocycles. The highest BCUT2D eigenvalue weighted by molar-refractivity contribution is 6.12. The van der Waals surface area contributed by atoms with Gasteiger partial charge in [0.2, 0.25) is 0 Å². The van der Waals surface area contributed by atoms with Gasteiger partial charge in [0.15, 0.2) is 17.5 Å². The maximum absolute atomic E-state index is 6.39. The molecule has 4 nitrogen and oxygen atoms in total. The lowest BCUT2D eigenvalue weighted by Crippen LogP contribution is -2.00. The number of benzene rings is 6. The average Bonchev–Trinajstić information content (AvgIpc) is 3.49. The highest BCUT2D eigenvalue weighted by Gasteiger charge is 2.18. The van der Waals surface area contributed by atoms with Gasteiger partial charge in [-0.3, -0.25) is 0 Å². The molecule has 8 aromatic rings. The number of aromatic nitrogens is 3. The molecule has 2 heterocycles. The summed E-state index contributed by atoms with van der Waals surface area (Å²) in [6.07, 6.45) is 12.1. The first-order valence-corrected chi connectivity index (χ1v) is 15.4. The van der Waals surface area contributed by atoms with Crippen LogP contribution in [0, 0.1) is 0 Å². The smallest absolute Gasteiger partial charge is 0.164 e. The van der Waals surface area contributed by atoms with Gasteiger partial charge >= 0.3 is 0 Å². The molecule has 0 bridgehead atoms. The first-order valence-electron chi connectivity index (χ1n) is 15.4. The fraction of sp³-hybridized carbons (Fsp3) is 0.0238. The summed E-state index contributed by atoms with van der Waals surface area (Å²) in [6, 6.07) is 41.8. The predicted octanol–water partition coefficient (Wildman–Crippen LogP) is 11.2. The lowest BCUT2D eigenvalue weighted by atomic mass is 10.0. The molecular formula is C42H29N3O. The Labute approximate surface area is 266 Å². The van der Waals surface area contributed by atoms with Gasteiger partial charge in [0, 0.05) is 27.5 Å². The number of hydrogen-bond donors (Lipinski definition) is 0. The zero-order chi connectivity index (χ0) is 30.9. The van der Waals surface area contributed by atoms with Gasteiger partial charge < -0.3 is 4.42 Å². The van der Waals surface area contributed by atoms with Gasteiger partial charge in [0.25, 0.3) is 0 Å². The third-order valence-electron chi connectivity index (χ3n) is 8.23. The van der Waals surface area contributed by atoms with Crippen molar-refractivity contribution in [2.24, 2.45) is 0 Å². The van der Waals surface area contributed by atoms with E-state index >= 15 is 0 Å². The van der Waals surface area contributed by atoms with Crippen molar-refractivity contribution >= 4 is 49.6 Å². The SMILES string of the molecule is C\C=C/C=C\C=C\c1ccc2c(c1)oc1cccc(-c3nc(-c4ccc5ccccc5c4)nc(-c4ccc5ccccc5c4)n3)c12. The molecule has 0 radical (unpaired) electrons. The standard InChI is InChI=1S/C42H29N3O/c1-2-3-4-5-6-12-28-19-24-35-38(25-28)46-37-18-11-17-36(39(35)37)42-44-40(33-22-20-29-13-7-9-15-31(29)26-33)43-41(45-42)34-23-21-30-14-8-10-16-32(30)27-34/h2-27H,1H3/b3-2-,5-4-,12-6+. The number of fused-ring (bicyclic) bond motifs is 5. The third-order valence-corrected chi connectivity index (χ3v) is 8.23. The molecule has 0 saturated heterocycles. The van der Waals surface area contributed by atoms with Gasteiger partial charge in [0.1, 0.15) is 11.2 Å². The van der Waals surface area contributed by atoms with E-state index in [4.69, 9.17) is 19.4 Å². The van der Waals surface area contributed by atoms with E-state index in [1.807, 2.05) is 49.4 Å². The van der Waals surface area contributed by atoms with E-state index in [9.17, 15) is 0 Å². The molecule has 0 saturated carbocycles. The van der Waals surface area contributed by atoms with E-state index in [1.54, 1.807) is 0 Å². The van der Waals surface area contributed by atoms with Gasteiger partial charge in [-0.1, -0.05) is 127 Å². The van der Waals surface area contributed by atoms with Crippen LogP contribution in [0.15, 0.2) is 156 Å². The highest BCUT2D eigenvalue weighted by Crippen LogP contribution is 2.37. The molecule has 4 heteroatoms. The second-order valence-electron chi connectivity index (χ2n) is 11.2. The van der Waals surface area contributed by atoms with E-state index < -0.39 is 0 Å². The van der Waals surface area contributed by atoms with Crippen LogP contribution in [-0.4, -0.2) is 15.0 Å². The average molecular weight is 592 g/mol. The molecule has 0 aliphatic rings. The third kappa shape index (κ3) is 5.16. The van der Waals surface area contributed by atoms with Crippen LogP contribution in [-0.2, 0) is 0 Å². The number of nitrogens with zero attached hydrogens (tertiary/aromatic N) is 3. The van der Waals surface area contributed by atoms with Gasteiger partial charge in [-0.05, 0) is 64.4 Å². The van der Waals surface area contributed by atoms with Crippen molar-refractivity contribution in [3.63, 3.8) is 0 Å². The number of hydrogen-bond acceptors (Lipinski definition) is 4. The summed E-state index contributed by atoms with van der Waals surface area (Å²) >= 11 is 0. The Hall–Kier alpha value is -6.13. The molecule has 0 amide bonds. The minimum absolute atomic E-state index is 0.604. The van der Waals surface area contributed by atoms with E-state index in [2.05, 4.69) is 115 Å². The van der Waals surface area contributed by atoms with Crippen LogP contribution in [0.25, 0.3) is 83.7 Å². The quantitative estimate of drug-likeness (QED) is 0.181. The molecule has 46 heavy (non-hydrogen) atoms. The van der Waals surface area contributed by atoms with E-state index in [1.165, 1.54) is 10.8 Å². The van der Waals surface area contributed by atoms with Crippen molar-refractivity contribution in [2.75, 3.05) is 0 Å². The lowest BCUT2D eigenvalue weighted by Gasteiger charge is -2.10. The van der Waals surface area contributed by atoms with Gasteiger partial charge in [-0.15, -0.1) is 0 Å². The Morgan fingerprint density at radius 3 is 1.80 bits per heavy atom. The lowest BCUT2D eigenvalue weighted by molar-refractivity contribution is 0.669. The molecule has 0 fully saturated rings. The molecule has 0 unspecified atom stereocenters. The highest BCUT2D eigenvalue weighted by atomic mass is 16.3. The molecular weight excluding hydrogens is 562 g/mol. The van der Waals surface area contributed by atoms with Crippen molar-refractivity contribution in [1.82, 2.24) is 15.0 Å². The Morgan fingerprint density at radius 2 is 1.13 bits per heavy atom. The molecule has 218 valence electrons. The second-order valence-corrected chi connectivity index (χ2v) is 11.2. The van der Waals surface area contributed by atoms with Gasteiger partial charge in [-0.25, -0.2) is 15.0 Å². The van der Waals surface area contributed by atoms with Crippen LogP contribution in [0.1, 0.15) is 12.5 Å². The van der Waals surface area contributed by atoms with Crippen LogP contribution < -0.4 is 0 Å². The number of allylic oxidation sites excluding steroid dienone is 5. The summed E-state index contributed by atoms with van der Waals surface area (Å²) in [7, 11) is 0. The van der Waals surface area contributed by atoms with Gasteiger partial charge in [0.05, 0.1) is 0 Å². The Morgan fingerprint density at radius 1 is 0.500 bits per heavy atom. The van der Waals surface area contributed by atoms with Crippen LogP contribution in [0.5, 0.6) is 0 Å². The van der Waals surface area contributed by atoms with Crippen molar-refractivity contribution in [3.8, 4) is 34.2 Å². The van der Waals surface area contributed by atoms with E-state index in [0.717, 1.165) is 55.0 Å². The molecule has 0 N–H and O–H groups in total. The molecule has 2 aromatic heterocycles. The molecule has 0 atom stereocenters. The van der Waals surface area contributed by atoms with Crippen LogP contribution in [0.2, 0.25) is 0 Å². The zero-order valence-corrected chi connectivity index (χ0v) is 25.3. The zero-order valence-electron chi connectivity index (χ0n) is 25.3. The predicted molar refractivity (Wildman–Crippen MR) is 191 cm³/mol. The van der Waals surface area contributed by atoms with E-state index in [-0.39, 0.29) is 0 Å². The largest absolute Gasteiger partial charge is 0.456 e. The van der Waals surface area contributed by atoms with Crippen LogP contribution >= 0.6 is 0 Å². The first-order chi connectivity index (χ1) is 22.7. The number of furan rings is 1. The van der Waals surface area contributed by atoms with Crippen molar-refractivity contribution in [2.45, 2.75) is 6.92 Å². The summed E-state index contributed by atoms with van der Waals surface area (Å²) in [5.74, 6) is 1.86. The van der Waals surface area contributed by atoms with Crippen molar-refractivity contribution in [3.05, 3.63) is 157 Å². The monoisotopic (exact) mass is 591 g/mol. The topological polar surface area (TPSA) is 51.8 Å². The maximum atomic E-state index is 6.39. The van der Waals surface area contributed by atoms with Crippen LogP contribution in [0.3, 0.4) is 0 Å². The number of rotatable bonds is 6. The Balaban J connectivity index is 1.31. The normalized spacial score (nSPS) is 12.2. The minimum Gasteiger partial charge on any atom is -0.456 e. The molecule has 0 spiro atoms. The van der Waals surface area contributed by atoms with Crippen LogP contribution in [0.4, 0.5) is 0 Å². The van der Waals surface area contributed by atoms with Gasteiger partial charge in [-0.2, -0.15) is 0 Å². The summed E-state index contributed by atoms with van der Waals surface area (Å²) in [5.41, 5.74) is 5.46. The van der Waals surface area contributed by atoms with E-state index in [0.29, 0.717) is 17.5 Å². The molecule has 0 aliphatic carbocycles. The maximum Gasteiger partial charge on any atom is 0.164 e. The summed E-state index contributed by atoms with van der Waals surface area (Å²) in [5, 5.41) is 6.63. The van der Waals surface area contributed by atoms with Crippen molar-refractivity contribution in [1.29, 1.82) is 0 Å². The molecule has 8 rings (SSSR count). The Kier molecular flexibility index (Phi) is 7.01.